The maximum atomic E-state index is 12.4. The highest BCUT2D eigenvalue weighted by Crippen LogP contribution is 2.31. The quantitative estimate of drug-likeness (QED) is 0.0399. The minimum atomic E-state index is -0.209. The molecular weight excluding hydrogens is 757 g/mol. The molecule has 58 heavy (non-hydrogen) atoms. The van der Waals surface area contributed by atoms with Gasteiger partial charge in [-0.15, -0.1) is 35.9 Å². The van der Waals surface area contributed by atoms with Crippen LogP contribution in [0, 0.1) is 12.3 Å². The van der Waals surface area contributed by atoms with Crippen LogP contribution in [0.4, 0.5) is 0 Å². The number of terminal acetylenes is 1. The lowest BCUT2D eigenvalue weighted by atomic mass is 10.0. The molecule has 0 aliphatic carbocycles. The number of unbranched alkanes of at least 4 members (excludes halogenated alkanes) is 30. The Hall–Kier alpha value is -1.78. The topological polar surface area (TPSA) is 72.8 Å². The van der Waals surface area contributed by atoms with Crippen molar-refractivity contribution in [2.24, 2.45) is 0 Å². The number of hydrogen-bond acceptors (Lipinski definition) is 7. The van der Waals surface area contributed by atoms with Gasteiger partial charge in [0, 0.05) is 29.1 Å². The van der Waals surface area contributed by atoms with Gasteiger partial charge in [0.25, 0.3) is 0 Å². The van der Waals surface area contributed by atoms with Crippen LogP contribution in [0.2, 0.25) is 0 Å². The van der Waals surface area contributed by atoms with Crippen molar-refractivity contribution in [3.63, 3.8) is 0 Å². The van der Waals surface area contributed by atoms with Gasteiger partial charge in [-0.05, 0) is 18.4 Å². The van der Waals surface area contributed by atoms with Crippen molar-refractivity contribution in [3.05, 3.63) is 28.8 Å². The molecule has 0 spiro atoms. The first-order valence-corrected chi connectivity index (χ1v) is 26.6. The van der Waals surface area contributed by atoms with E-state index in [0.29, 0.717) is 31.1 Å². The Bertz CT molecular complexity index is 1070. The Morgan fingerprint density at radius 3 is 1.05 bits per heavy atom. The minimum Gasteiger partial charge on any atom is -0.507 e. The summed E-state index contributed by atoms with van der Waals surface area (Å²) in [5.74, 6) is 3.94. The number of phenols is 1. The van der Waals surface area contributed by atoms with Crippen LogP contribution >= 0.6 is 23.5 Å². The van der Waals surface area contributed by atoms with Crippen LogP contribution in [0.25, 0.3) is 0 Å². The Balaban J connectivity index is 2.10. The van der Waals surface area contributed by atoms with Gasteiger partial charge in [0.05, 0.1) is 24.7 Å². The molecule has 7 heteroatoms. The first-order valence-electron chi connectivity index (χ1n) is 24.3. The number of hydrogen-bond donors (Lipinski definition) is 1. The van der Waals surface area contributed by atoms with Gasteiger partial charge in [-0.25, -0.2) is 0 Å². The molecular formula is C51H88O5S2. The highest BCUT2D eigenvalue weighted by molar-refractivity contribution is 7.99. The molecule has 0 fully saturated rings. The summed E-state index contributed by atoms with van der Waals surface area (Å²) in [6.07, 6.45) is 48.3. The fourth-order valence-electron chi connectivity index (χ4n) is 7.52. The maximum Gasteiger partial charge on any atom is 0.315 e. The van der Waals surface area contributed by atoms with Crippen molar-refractivity contribution >= 4 is 35.5 Å². The van der Waals surface area contributed by atoms with Gasteiger partial charge in [-0.2, -0.15) is 0 Å². The average Bonchev–Trinajstić information content (AvgIpc) is 3.21. The fraction of sp³-hybridized carbons (Fsp3) is 0.804. The number of thioether (sulfide) groups is 2. The van der Waals surface area contributed by atoms with Crippen molar-refractivity contribution in [3.8, 4) is 18.1 Å². The molecule has 0 aliphatic rings. The number of aromatic hydroxyl groups is 1. The summed E-state index contributed by atoms with van der Waals surface area (Å²) in [5.41, 5.74) is 2.46. The van der Waals surface area contributed by atoms with Gasteiger partial charge < -0.3 is 14.6 Å². The molecule has 5 nitrogen and oxygen atoms in total. The van der Waals surface area contributed by atoms with E-state index in [2.05, 4.69) is 19.8 Å². The number of benzene rings is 1. The van der Waals surface area contributed by atoms with Gasteiger partial charge in [-0.3, -0.25) is 9.59 Å². The van der Waals surface area contributed by atoms with Gasteiger partial charge in [0.2, 0.25) is 0 Å². The summed E-state index contributed by atoms with van der Waals surface area (Å²) in [6, 6.07) is 3.84. The standard InChI is InChI=1S/C51H88O5S2/c1-4-7-9-11-13-15-17-19-21-23-25-27-29-31-33-35-38-55-49(52)44-57-42-47-40-46(37-6-3)41-48(51(47)54)43-58-45-50(53)56-39-36-34-32-30-28-26-24-22-20-18-16-14-12-10-8-5-2/h3,40-41,54H,4-5,7-39,42-45H2,1-2H3. The highest BCUT2D eigenvalue weighted by Gasteiger charge is 2.13. The molecule has 1 aromatic rings. The third-order valence-electron chi connectivity index (χ3n) is 11.1. The monoisotopic (exact) mass is 845 g/mol. The summed E-state index contributed by atoms with van der Waals surface area (Å²) >= 11 is 2.88. The van der Waals surface area contributed by atoms with E-state index < -0.39 is 0 Å². The molecule has 0 heterocycles. The van der Waals surface area contributed by atoms with E-state index in [1.54, 1.807) is 0 Å². The van der Waals surface area contributed by atoms with Crippen molar-refractivity contribution in [1.82, 2.24) is 0 Å². The molecule has 1 aromatic carbocycles. The normalized spacial score (nSPS) is 11.2. The van der Waals surface area contributed by atoms with Gasteiger partial charge >= 0.3 is 11.9 Å². The molecule has 0 unspecified atom stereocenters. The molecule has 0 amide bonds. The smallest absolute Gasteiger partial charge is 0.315 e. The summed E-state index contributed by atoms with van der Waals surface area (Å²) in [7, 11) is 0. The second-order valence-electron chi connectivity index (χ2n) is 16.7. The number of rotatable bonds is 43. The Kier molecular flexibility index (Phi) is 39.2. The molecule has 0 saturated carbocycles. The summed E-state index contributed by atoms with van der Waals surface area (Å²) in [6.45, 7) is 5.51. The molecule has 1 rings (SSSR count). The van der Waals surface area contributed by atoms with Crippen molar-refractivity contribution in [1.29, 1.82) is 0 Å². The first kappa shape index (κ1) is 54.2. The van der Waals surface area contributed by atoms with E-state index in [0.717, 1.165) is 42.4 Å². The van der Waals surface area contributed by atoms with E-state index >= 15 is 0 Å². The van der Waals surface area contributed by atoms with Crippen LogP contribution in [-0.2, 0) is 37.0 Å². The van der Waals surface area contributed by atoms with Crippen LogP contribution in [0.3, 0.4) is 0 Å². The van der Waals surface area contributed by atoms with E-state index in [1.807, 2.05) is 12.1 Å². The number of phenolic OH excluding ortho intramolecular Hbond substituents is 1. The van der Waals surface area contributed by atoms with E-state index in [1.165, 1.54) is 203 Å². The average molecular weight is 845 g/mol. The Labute approximate surface area is 366 Å². The molecule has 334 valence electrons. The molecule has 0 atom stereocenters. The van der Waals surface area contributed by atoms with Crippen LogP contribution in [0.1, 0.15) is 236 Å². The molecule has 0 aromatic heterocycles. The highest BCUT2D eigenvalue weighted by atomic mass is 32.2. The van der Waals surface area contributed by atoms with E-state index in [9.17, 15) is 14.7 Å². The van der Waals surface area contributed by atoms with Crippen molar-refractivity contribution < 1.29 is 24.2 Å². The van der Waals surface area contributed by atoms with Crippen LogP contribution in [0.15, 0.2) is 12.1 Å². The second kappa shape index (κ2) is 41.9. The third-order valence-corrected chi connectivity index (χ3v) is 13.0. The lowest BCUT2D eigenvalue weighted by Gasteiger charge is -2.12. The largest absolute Gasteiger partial charge is 0.507 e. The predicted molar refractivity (Wildman–Crippen MR) is 254 cm³/mol. The molecule has 0 saturated heterocycles. The molecule has 0 radical (unpaired) electrons. The van der Waals surface area contributed by atoms with Crippen LogP contribution in [0.5, 0.6) is 5.75 Å². The SMILES string of the molecule is C#CCc1cc(CSCC(=O)OCCCCCCCCCCCCCCCCCC)c(O)c(CSCC(=O)OCCCCCCCCCCCCCCCCCC)c1. The number of ether oxygens (including phenoxy) is 2. The number of esters is 2. The van der Waals surface area contributed by atoms with E-state index in [-0.39, 0.29) is 29.2 Å². The molecule has 1 N–H and O–H groups in total. The number of carbonyl (C=O) groups excluding carboxylic acids is 2. The fourth-order valence-corrected chi connectivity index (χ4v) is 9.10. The third kappa shape index (κ3) is 34.0. The molecule has 0 bridgehead atoms. The van der Waals surface area contributed by atoms with Gasteiger partial charge in [0.1, 0.15) is 5.75 Å². The predicted octanol–water partition coefficient (Wildman–Crippen LogP) is 15.6. The first-order chi connectivity index (χ1) is 28.5. The minimum absolute atomic E-state index is 0.209. The Morgan fingerprint density at radius 2 is 0.776 bits per heavy atom. The molecule has 0 aliphatic heterocycles. The van der Waals surface area contributed by atoms with Crippen molar-refractivity contribution in [2.45, 2.75) is 237 Å². The lowest BCUT2D eigenvalue weighted by molar-refractivity contribution is -0.141. The summed E-state index contributed by atoms with van der Waals surface area (Å²) in [4.78, 5) is 24.8. The van der Waals surface area contributed by atoms with Gasteiger partial charge in [0.15, 0.2) is 0 Å². The maximum absolute atomic E-state index is 12.4. The Morgan fingerprint density at radius 1 is 0.500 bits per heavy atom. The summed E-state index contributed by atoms with van der Waals surface area (Å²) < 4.78 is 11.0. The zero-order valence-electron chi connectivity index (χ0n) is 37.7. The zero-order chi connectivity index (χ0) is 42.0. The lowest BCUT2D eigenvalue weighted by Crippen LogP contribution is -2.09. The van der Waals surface area contributed by atoms with Crippen LogP contribution in [-0.4, -0.2) is 41.8 Å². The summed E-state index contributed by atoms with van der Waals surface area (Å²) in [5, 5.41) is 11.0. The van der Waals surface area contributed by atoms with Crippen molar-refractivity contribution in [2.75, 3.05) is 24.7 Å². The number of carbonyl (C=O) groups is 2. The second-order valence-corrected chi connectivity index (χ2v) is 18.6. The van der Waals surface area contributed by atoms with Crippen LogP contribution < -0.4 is 0 Å². The van der Waals surface area contributed by atoms with Gasteiger partial charge in [-0.1, -0.05) is 219 Å². The van der Waals surface area contributed by atoms with E-state index in [4.69, 9.17) is 15.9 Å². The zero-order valence-corrected chi connectivity index (χ0v) is 39.3.